The van der Waals surface area contributed by atoms with Crippen molar-refractivity contribution in [2.75, 3.05) is 6.61 Å². The molecule has 0 spiro atoms. The number of esters is 1. The number of hydrogen-bond donors (Lipinski definition) is 1. The summed E-state index contributed by atoms with van der Waals surface area (Å²) in [5, 5.41) is 2.97. The van der Waals surface area contributed by atoms with Crippen LogP contribution in [0, 0.1) is 18.8 Å². The Morgan fingerprint density at radius 3 is 2.81 bits per heavy atom. The van der Waals surface area contributed by atoms with Crippen molar-refractivity contribution in [1.29, 1.82) is 0 Å². The maximum atomic E-state index is 11.9. The van der Waals surface area contributed by atoms with Crippen LogP contribution in [0.2, 0.25) is 0 Å². The van der Waals surface area contributed by atoms with Gasteiger partial charge in [-0.05, 0) is 31.2 Å². The molecule has 1 aromatic heterocycles. The first-order valence-electron chi connectivity index (χ1n) is 7.49. The van der Waals surface area contributed by atoms with Crippen LogP contribution in [0.4, 0.5) is 0 Å². The van der Waals surface area contributed by atoms with Gasteiger partial charge in [0.2, 0.25) is 0 Å². The highest BCUT2D eigenvalue weighted by Gasteiger charge is 2.28. The number of aryl methyl sites for hydroxylation is 1. The molecule has 21 heavy (non-hydrogen) atoms. The molecule has 1 fully saturated rings. The lowest BCUT2D eigenvalue weighted by Crippen LogP contribution is -2.45. The van der Waals surface area contributed by atoms with E-state index in [4.69, 9.17) is 9.15 Å². The fourth-order valence-corrected chi connectivity index (χ4v) is 2.84. The quantitative estimate of drug-likeness (QED) is 0.867. The molecule has 1 N–H and O–H groups in total. The summed E-state index contributed by atoms with van der Waals surface area (Å²) in [5.41, 5.74) is 0.363. The van der Waals surface area contributed by atoms with E-state index in [1.165, 1.54) is 12.7 Å². The predicted molar refractivity (Wildman–Crippen MR) is 77.8 cm³/mol. The maximum Gasteiger partial charge on any atom is 0.342 e. The van der Waals surface area contributed by atoms with Crippen LogP contribution in [0.3, 0.4) is 0 Å². The zero-order chi connectivity index (χ0) is 15.4. The van der Waals surface area contributed by atoms with Gasteiger partial charge in [-0.25, -0.2) is 4.79 Å². The summed E-state index contributed by atoms with van der Waals surface area (Å²) in [5.74, 6) is 0.793. The number of nitrogens with one attached hydrogen (secondary N) is 1. The third kappa shape index (κ3) is 3.86. The molecule has 1 amide bonds. The third-order valence-electron chi connectivity index (χ3n) is 4.47. The van der Waals surface area contributed by atoms with Gasteiger partial charge in [-0.1, -0.05) is 26.7 Å². The second-order valence-corrected chi connectivity index (χ2v) is 5.91. The van der Waals surface area contributed by atoms with E-state index in [0.29, 0.717) is 23.2 Å². The summed E-state index contributed by atoms with van der Waals surface area (Å²) < 4.78 is 10.1. The van der Waals surface area contributed by atoms with Gasteiger partial charge in [0.15, 0.2) is 6.61 Å². The highest BCUT2D eigenvalue weighted by atomic mass is 16.5. The fourth-order valence-electron chi connectivity index (χ4n) is 2.84. The number of rotatable bonds is 4. The largest absolute Gasteiger partial charge is 0.469 e. The number of hydrogen-bond acceptors (Lipinski definition) is 4. The summed E-state index contributed by atoms with van der Waals surface area (Å²) in [6, 6.07) is 1.72. The Kier molecular flexibility index (Phi) is 5.04. The Balaban J connectivity index is 1.80. The van der Waals surface area contributed by atoms with Gasteiger partial charge in [0.25, 0.3) is 5.91 Å². The minimum atomic E-state index is -0.526. The first-order valence-corrected chi connectivity index (χ1v) is 7.49. The average molecular weight is 293 g/mol. The van der Waals surface area contributed by atoms with E-state index in [-0.39, 0.29) is 18.6 Å². The van der Waals surface area contributed by atoms with Crippen LogP contribution in [-0.2, 0) is 9.53 Å². The first kappa shape index (κ1) is 15.6. The van der Waals surface area contributed by atoms with Crippen LogP contribution in [0.15, 0.2) is 16.7 Å². The summed E-state index contributed by atoms with van der Waals surface area (Å²) in [6.45, 7) is 5.81. The van der Waals surface area contributed by atoms with Crippen LogP contribution >= 0.6 is 0 Å². The van der Waals surface area contributed by atoms with Crippen molar-refractivity contribution in [2.45, 2.75) is 46.1 Å². The van der Waals surface area contributed by atoms with E-state index in [2.05, 4.69) is 19.2 Å². The molecule has 2 rings (SSSR count). The lowest BCUT2D eigenvalue weighted by atomic mass is 9.78. The Morgan fingerprint density at radius 1 is 1.38 bits per heavy atom. The normalized spacial score (nSPS) is 25.4. The number of carbonyl (C=O) groups is 2. The molecule has 0 bridgehead atoms. The fraction of sp³-hybridized carbons (Fsp3) is 0.625. The van der Waals surface area contributed by atoms with Gasteiger partial charge in [0, 0.05) is 6.04 Å². The van der Waals surface area contributed by atoms with E-state index < -0.39 is 5.97 Å². The molecule has 3 atom stereocenters. The molecule has 1 aliphatic rings. The van der Waals surface area contributed by atoms with Gasteiger partial charge < -0.3 is 14.5 Å². The summed E-state index contributed by atoms with van der Waals surface area (Å²) >= 11 is 0. The van der Waals surface area contributed by atoms with Crippen LogP contribution in [0.25, 0.3) is 0 Å². The third-order valence-corrected chi connectivity index (χ3v) is 4.47. The molecular formula is C16H23NO4. The van der Waals surface area contributed by atoms with E-state index in [1.807, 2.05) is 0 Å². The smallest absolute Gasteiger partial charge is 0.342 e. The monoisotopic (exact) mass is 293 g/mol. The van der Waals surface area contributed by atoms with Crippen molar-refractivity contribution in [3.05, 3.63) is 23.7 Å². The lowest BCUT2D eigenvalue weighted by molar-refractivity contribution is -0.125. The van der Waals surface area contributed by atoms with Gasteiger partial charge in [-0.3, -0.25) is 4.79 Å². The van der Waals surface area contributed by atoms with Crippen molar-refractivity contribution in [3.63, 3.8) is 0 Å². The van der Waals surface area contributed by atoms with Crippen molar-refractivity contribution in [2.24, 2.45) is 11.8 Å². The van der Waals surface area contributed by atoms with E-state index in [1.54, 1.807) is 13.0 Å². The summed E-state index contributed by atoms with van der Waals surface area (Å²) in [6.07, 6.45) is 4.76. The standard InChI is InChI=1S/C16H23NO4/c1-10-5-4-6-14(11(10)2)17-15(18)9-21-16(19)13-7-8-20-12(13)3/h7-8,10-11,14H,4-6,9H2,1-3H3,(H,17,18)/t10-,11+,14+/m1/s1. The molecule has 0 saturated heterocycles. The van der Waals surface area contributed by atoms with Gasteiger partial charge in [0.05, 0.1) is 6.26 Å². The Labute approximate surface area is 125 Å². The first-order chi connectivity index (χ1) is 9.99. The molecule has 1 saturated carbocycles. The van der Waals surface area contributed by atoms with Gasteiger partial charge in [-0.2, -0.15) is 0 Å². The second-order valence-electron chi connectivity index (χ2n) is 5.91. The van der Waals surface area contributed by atoms with Crippen molar-refractivity contribution in [1.82, 2.24) is 5.32 Å². The Bertz CT molecular complexity index is 508. The Hall–Kier alpha value is -1.78. The molecule has 0 aromatic carbocycles. The van der Waals surface area contributed by atoms with E-state index in [0.717, 1.165) is 12.8 Å². The average Bonchev–Trinajstić information content (AvgIpc) is 2.87. The van der Waals surface area contributed by atoms with Crippen molar-refractivity contribution >= 4 is 11.9 Å². The predicted octanol–water partition coefficient (Wildman–Crippen LogP) is 2.69. The van der Waals surface area contributed by atoms with Gasteiger partial charge >= 0.3 is 5.97 Å². The molecule has 116 valence electrons. The molecule has 5 nitrogen and oxygen atoms in total. The molecule has 1 heterocycles. The van der Waals surface area contributed by atoms with Gasteiger partial charge in [0.1, 0.15) is 11.3 Å². The van der Waals surface area contributed by atoms with Crippen LogP contribution in [0.5, 0.6) is 0 Å². The molecule has 0 unspecified atom stereocenters. The number of furan rings is 1. The van der Waals surface area contributed by atoms with Crippen molar-refractivity contribution in [3.8, 4) is 0 Å². The summed E-state index contributed by atoms with van der Waals surface area (Å²) in [7, 11) is 0. The van der Waals surface area contributed by atoms with Gasteiger partial charge in [-0.15, -0.1) is 0 Å². The number of amides is 1. The molecule has 1 aliphatic carbocycles. The SMILES string of the molecule is Cc1occc1C(=O)OCC(=O)N[C@H]1CCC[C@@H](C)[C@@H]1C. The second kappa shape index (κ2) is 6.78. The Morgan fingerprint density at radius 2 is 2.14 bits per heavy atom. The number of carbonyl (C=O) groups excluding carboxylic acids is 2. The van der Waals surface area contributed by atoms with E-state index in [9.17, 15) is 9.59 Å². The molecular weight excluding hydrogens is 270 g/mol. The highest BCUT2D eigenvalue weighted by Crippen LogP contribution is 2.29. The van der Waals surface area contributed by atoms with Crippen LogP contribution < -0.4 is 5.32 Å². The van der Waals surface area contributed by atoms with Crippen LogP contribution in [-0.4, -0.2) is 24.5 Å². The molecule has 0 radical (unpaired) electrons. The molecule has 0 aliphatic heterocycles. The lowest BCUT2D eigenvalue weighted by Gasteiger charge is -2.34. The molecule has 5 heteroatoms. The zero-order valence-electron chi connectivity index (χ0n) is 12.8. The zero-order valence-corrected chi connectivity index (χ0v) is 12.8. The maximum absolute atomic E-state index is 11.9. The minimum absolute atomic E-state index is 0.176. The van der Waals surface area contributed by atoms with Crippen molar-refractivity contribution < 1.29 is 18.7 Å². The molecule has 1 aromatic rings. The number of ether oxygens (including phenoxy) is 1. The summed E-state index contributed by atoms with van der Waals surface area (Å²) in [4.78, 5) is 23.7. The van der Waals surface area contributed by atoms with Crippen LogP contribution in [0.1, 0.15) is 49.2 Å². The minimum Gasteiger partial charge on any atom is -0.469 e. The highest BCUT2D eigenvalue weighted by molar-refractivity contribution is 5.92. The van der Waals surface area contributed by atoms with E-state index >= 15 is 0 Å². The topological polar surface area (TPSA) is 68.5 Å².